The number of hydrogen-bond donors (Lipinski definition) is 0. The molecule has 0 unspecified atom stereocenters. The molecule has 0 atom stereocenters. The third kappa shape index (κ3) is 3.56. The van der Waals surface area contributed by atoms with Gasteiger partial charge < -0.3 is 9.32 Å². The lowest BCUT2D eigenvalue weighted by Gasteiger charge is -2.34. The maximum absolute atomic E-state index is 13.9. The van der Waals surface area contributed by atoms with Gasteiger partial charge in [0.05, 0.1) is 5.52 Å². The first kappa shape index (κ1) is 19.3. The van der Waals surface area contributed by atoms with Gasteiger partial charge in [-0.25, -0.2) is 17.6 Å². The Morgan fingerprint density at radius 2 is 1.66 bits per heavy atom. The van der Waals surface area contributed by atoms with Crippen LogP contribution in [-0.4, -0.2) is 54.3 Å². The molecule has 10 heteroatoms. The van der Waals surface area contributed by atoms with E-state index in [-0.39, 0.29) is 43.5 Å². The summed E-state index contributed by atoms with van der Waals surface area (Å²) in [6, 6.07) is 12.0. The van der Waals surface area contributed by atoms with Crippen LogP contribution in [0.2, 0.25) is 0 Å². The zero-order chi connectivity index (χ0) is 20.6. The summed E-state index contributed by atoms with van der Waals surface area (Å²) >= 11 is 0. The maximum atomic E-state index is 13.9. The van der Waals surface area contributed by atoms with E-state index in [0.717, 1.165) is 10.4 Å². The monoisotopic (exact) mass is 419 g/mol. The average Bonchev–Trinajstić information content (AvgIpc) is 3.03. The number of para-hydroxylation sites is 2. The van der Waals surface area contributed by atoms with Crippen molar-refractivity contribution in [3.05, 3.63) is 64.9 Å². The van der Waals surface area contributed by atoms with Gasteiger partial charge in [0.15, 0.2) is 5.58 Å². The van der Waals surface area contributed by atoms with Crippen molar-refractivity contribution >= 4 is 27.0 Å². The molecular weight excluding hydrogens is 401 g/mol. The molecule has 1 amide bonds. The van der Waals surface area contributed by atoms with Crippen LogP contribution in [0.4, 0.5) is 4.39 Å². The molecule has 0 spiro atoms. The summed E-state index contributed by atoms with van der Waals surface area (Å²) in [6.07, 6.45) is 0. The van der Waals surface area contributed by atoms with Gasteiger partial charge in [0.25, 0.3) is 0 Å². The summed E-state index contributed by atoms with van der Waals surface area (Å²) in [7, 11) is -3.98. The number of hydrogen-bond acceptors (Lipinski definition) is 5. The highest BCUT2D eigenvalue weighted by atomic mass is 32.2. The number of carbonyl (C=O) groups excluding carboxylic acids is 1. The number of benzene rings is 2. The molecule has 1 saturated heterocycles. The van der Waals surface area contributed by atoms with Gasteiger partial charge in [-0.2, -0.15) is 4.31 Å². The predicted octanol–water partition coefficient (Wildman–Crippen LogP) is 1.27. The Bertz CT molecular complexity index is 1230. The molecule has 3 aromatic rings. The fourth-order valence-electron chi connectivity index (χ4n) is 3.37. The van der Waals surface area contributed by atoms with Crippen molar-refractivity contribution in [1.29, 1.82) is 0 Å². The summed E-state index contributed by atoms with van der Waals surface area (Å²) in [5.41, 5.74) is 0.915. The summed E-state index contributed by atoms with van der Waals surface area (Å²) < 4.78 is 46.8. The van der Waals surface area contributed by atoms with Crippen molar-refractivity contribution in [3.63, 3.8) is 0 Å². The Kier molecular flexibility index (Phi) is 4.97. The minimum absolute atomic E-state index is 0.0451. The van der Waals surface area contributed by atoms with Crippen LogP contribution in [0, 0.1) is 5.82 Å². The number of carbonyl (C=O) groups is 1. The van der Waals surface area contributed by atoms with Crippen LogP contribution >= 0.6 is 0 Å². The highest BCUT2D eigenvalue weighted by Crippen LogP contribution is 2.20. The predicted molar refractivity (Wildman–Crippen MR) is 102 cm³/mol. The first-order chi connectivity index (χ1) is 13.9. The highest BCUT2D eigenvalue weighted by Gasteiger charge is 2.32. The molecule has 1 aliphatic heterocycles. The number of oxazole rings is 1. The van der Waals surface area contributed by atoms with E-state index in [2.05, 4.69) is 0 Å². The molecule has 0 N–H and O–H groups in total. The molecule has 0 radical (unpaired) electrons. The smallest absolute Gasteiger partial charge is 0.408 e. The maximum Gasteiger partial charge on any atom is 0.420 e. The molecule has 152 valence electrons. The van der Waals surface area contributed by atoms with Crippen molar-refractivity contribution in [2.45, 2.75) is 11.4 Å². The zero-order valence-electron chi connectivity index (χ0n) is 15.3. The molecule has 0 saturated carbocycles. The van der Waals surface area contributed by atoms with Crippen LogP contribution < -0.4 is 5.76 Å². The van der Waals surface area contributed by atoms with E-state index in [1.54, 1.807) is 24.3 Å². The zero-order valence-corrected chi connectivity index (χ0v) is 16.1. The molecule has 1 fully saturated rings. The van der Waals surface area contributed by atoms with Gasteiger partial charge in [-0.3, -0.25) is 9.36 Å². The van der Waals surface area contributed by atoms with E-state index >= 15 is 0 Å². The quantitative estimate of drug-likeness (QED) is 0.635. The summed E-state index contributed by atoms with van der Waals surface area (Å²) in [6.45, 7) is 0.191. The molecule has 2 aromatic carbocycles. The Morgan fingerprint density at radius 1 is 1.00 bits per heavy atom. The van der Waals surface area contributed by atoms with Gasteiger partial charge in [0, 0.05) is 26.2 Å². The van der Waals surface area contributed by atoms with Crippen LogP contribution in [0.1, 0.15) is 0 Å². The van der Waals surface area contributed by atoms with E-state index in [1.165, 1.54) is 27.7 Å². The first-order valence-corrected chi connectivity index (χ1v) is 10.4. The second kappa shape index (κ2) is 7.45. The molecule has 1 aliphatic rings. The van der Waals surface area contributed by atoms with Gasteiger partial charge >= 0.3 is 5.76 Å². The van der Waals surface area contributed by atoms with Crippen LogP contribution in [0.25, 0.3) is 11.1 Å². The lowest BCUT2D eigenvalue weighted by molar-refractivity contribution is -0.133. The topological polar surface area (TPSA) is 92.8 Å². The van der Waals surface area contributed by atoms with Crippen LogP contribution in [0.15, 0.2) is 62.6 Å². The Hall–Kier alpha value is -2.98. The van der Waals surface area contributed by atoms with Crippen molar-refractivity contribution in [1.82, 2.24) is 13.8 Å². The molecule has 29 heavy (non-hydrogen) atoms. The largest absolute Gasteiger partial charge is 0.420 e. The number of amides is 1. The first-order valence-electron chi connectivity index (χ1n) is 8.99. The number of sulfonamides is 1. The second-order valence-electron chi connectivity index (χ2n) is 6.64. The molecule has 2 heterocycles. The number of nitrogens with zero attached hydrogens (tertiary/aromatic N) is 3. The number of aromatic nitrogens is 1. The number of halogens is 1. The van der Waals surface area contributed by atoms with Crippen molar-refractivity contribution in [2.24, 2.45) is 0 Å². The van der Waals surface area contributed by atoms with Gasteiger partial charge in [-0.15, -0.1) is 0 Å². The third-order valence-electron chi connectivity index (χ3n) is 4.91. The minimum atomic E-state index is -3.98. The van der Waals surface area contributed by atoms with Crippen molar-refractivity contribution < 1.29 is 22.0 Å². The summed E-state index contributed by atoms with van der Waals surface area (Å²) in [5, 5.41) is 0. The van der Waals surface area contributed by atoms with E-state index < -0.39 is 21.6 Å². The molecule has 4 rings (SSSR count). The van der Waals surface area contributed by atoms with Crippen molar-refractivity contribution in [2.75, 3.05) is 26.2 Å². The van der Waals surface area contributed by atoms with Crippen molar-refractivity contribution in [3.8, 4) is 0 Å². The summed E-state index contributed by atoms with van der Waals surface area (Å²) in [5.74, 6) is -1.75. The van der Waals surface area contributed by atoms with Crippen LogP contribution in [0.3, 0.4) is 0 Å². The SMILES string of the molecule is O=C(Cn1c(=O)oc2ccccc21)N1CCN(S(=O)(=O)c2ccccc2F)CC1. The number of rotatable bonds is 4. The standard InChI is InChI=1S/C19H18FN3O5S/c20-14-5-1-4-8-17(14)29(26,27)22-11-9-21(10-12-22)18(24)13-23-15-6-2-3-7-16(15)28-19(23)25/h1-8H,9-13H2. The van der Waals surface area contributed by atoms with Crippen LogP contribution in [-0.2, 0) is 21.4 Å². The van der Waals surface area contributed by atoms with E-state index in [4.69, 9.17) is 4.42 Å². The Balaban J connectivity index is 1.46. The summed E-state index contributed by atoms with van der Waals surface area (Å²) in [4.78, 5) is 25.8. The Labute approximate surface area is 165 Å². The Morgan fingerprint density at radius 3 is 2.38 bits per heavy atom. The number of fused-ring (bicyclic) bond motifs is 1. The molecule has 0 bridgehead atoms. The molecular formula is C19H18FN3O5S. The van der Waals surface area contributed by atoms with E-state index in [1.807, 2.05) is 0 Å². The minimum Gasteiger partial charge on any atom is -0.408 e. The van der Waals surface area contributed by atoms with E-state index in [0.29, 0.717) is 11.1 Å². The van der Waals surface area contributed by atoms with Gasteiger partial charge in [-0.05, 0) is 24.3 Å². The molecule has 8 nitrogen and oxygen atoms in total. The average molecular weight is 419 g/mol. The fraction of sp³-hybridized carbons (Fsp3) is 0.263. The highest BCUT2D eigenvalue weighted by molar-refractivity contribution is 7.89. The molecule has 0 aliphatic carbocycles. The van der Waals surface area contributed by atoms with Gasteiger partial charge in [-0.1, -0.05) is 24.3 Å². The lowest BCUT2D eigenvalue weighted by Crippen LogP contribution is -2.51. The normalized spacial score (nSPS) is 15.7. The third-order valence-corrected chi connectivity index (χ3v) is 6.84. The molecule has 1 aromatic heterocycles. The second-order valence-corrected chi connectivity index (χ2v) is 8.54. The van der Waals surface area contributed by atoms with Gasteiger partial charge in [0.2, 0.25) is 15.9 Å². The van der Waals surface area contributed by atoms with Crippen LogP contribution in [0.5, 0.6) is 0 Å². The van der Waals surface area contributed by atoms with E-state index in [9.17, 15) is 22.4 Å². The lowest BCUT2D eigenvalue weighted by atomic mass is 10.3. The number of piperazine rings is 1. The van der Waals surface area contributed by atoms with Gasteiger partial charge in [0.1, 0.15) is 17.3 Å². The fourth-order valence-corrected chi connectivity index (χ4v) is 4.86.